The summed E-state index contributed by atoms with van der Waals surface area (Å²) in [6, 6.07) is 19.2. The third-order valence-electron chi connectivity index (χ3n) is 7.67. The Balaban J connectivity index is 2.02. The van der Waals surface area contributed by atoms with Gasteiger partial charge in [-0.1, -0.05) is 111 Å². The van der Waals surface area contributed by atoms with Crippen molar-refractivity contribution in [3.8, 4) is 0 Å². The maximum absolute atomic E-state index is 2.43. The first-order valence-electron chi connectivity index (χ1n) is 12.0. The van der Waals surface area contributed by atoms with E-state index in [2.05, 4.69) is 111 Å². The van der Waals surface area contributed by atoms with Crippen LogP contribution in [0.25, 0.3) is 0 Å². The van der Waals surface area contributed by atoms with Gasteiger partial charge in [-0.3, -0.25) is 0 Å². The molecule has 0 unspecified atom stereocenters. The molecule has 0 nitrogen and oxygen atoms in total. The molecular formula is C30H44. The van der Waals surface area contributed by atoms with E-state index >= 15 is 0 Å². The van der Waals surface area contributed by atoms with Crippen molar-refractivity contribution in [3.63, 3.8) is 0 Å². The molecule has 1 fully saturated rings. The largest absolute Gasteiger partial charge is 0.0599 e. The average Bonchev–Trinajstić information content (AvgIpc) is 2.66. The highest BCUT2D eigenvalue weighted by atomic mass is 14.4. The fourth-order valence-corrected chi connectivity index (χ4v) is 5.30. The van der Waals surface area contributed by atoms with E-state index in [1.165, 1.54) is 47.9 Å². The van der Waals surface area contributed by atoms with Crippen LogP contribution in [-0.4, -0.2) is 0 Å². The maximum Gasteiger partial charge on any atom is 0.0203 e. The van der Waals surface area contributed by atoms with Crippen molar-refractivity contribution in [1.82, 2.24) is 0 Å². The average molecular weight is 405 g/mol. The summed E-state index contributed by atoms with van der Waals surface area (Å²) in [5, 5.41) is 0. The van der Waals surface area contributed by atoms with Crippen LogP contribution < -0.4 is 0 Å². The smallest absolute Gasteiger partial charge is 0.0203 e. The minimum absolute atomic E-state index is 0.147. The van der Waals surface area contributed by atoms with Crippen molar-refractivity contribution in [2.45, 2.75) is 104 Å². The second kappa shape index (κ2) is 7.85. The quantitative estimate of drug-likeness (QED) is 0.469. The number of hydrogen-bond acceptors (Lipinski definition) is 0. The van der Waals surface area contributed by atoms with Crippen LogP contribution in [0.2, 0.25) is 0 Å². The summed E-state index contributed by atoms with van der Waals surface area (Å²) in [7, 11) is 0. The zero-order valence-corrected chi connectivity index (χ0v) is 21.0. The van der Waals surface area contributed by atoms with Gasteiger partial charge in [-0.15, -0.1) is 0 Å². The molecule has 164 valence electrons. The second-order valence-corrected chi connectivity index (χ2v) is 12.9. The molecule has 0 aromatic heterocycles. The molecule has 0 atom stereocenters. The van der Waals surface area contributed by atoms with E-state index in [1.807, 2.05) is 0 Å². The molecular weight excluding hydrogens is 360 g/mol. The van der Waals surface area contributed by atoms with Gasteiger partial charge in [0.1, 0.15) is 0 Å². The van der Waals surface area contributed by atoms with Crippen molar-refractivity contribution >= 4 is 0 Å². The van der Waals surface area contributed by atoms with Crippen LogP contribution in [0.5, 0.6) is 0 Å². The summed E-state index contributed by atoms with van der Waals surface area (Å²) < 4.78 is 0. The summed E-state index contributed by atoms with van der Waals surface area (Å²) in [5.74, 6) is 0.813. The molecule has 0 heteroatoms. The van der Waals surface area contributed by atoms with Crippen LogP contribution in [0.4, 0.5) is 0 Å². The summed E-state index contributed by atoms with van der Waals surface area (Å²) in [4.78, 5) is 0. The molecule has 0 spiro atoms. The first kappa shape index (κ1) is 23.1. The highest BCUT2D eigenvalue weighted by molar-refractivity contribution is 5.43. The second-order valence-electron chi connectivity index (χ2n) is 12.9. The molecule has 0 aliphatic heterocycles. The zero-order chi connectivity index (χ0) is 22.4. The van der Waals surface area contributed by atoms with Gasteiger partial charge >= 0.3 is 0 Å². The van der Waals surface area contributed by atoms with E-state index in [9.17, 15) is 0 Å². The lowest BCUT2D eigenvalue weighted by molar-refractivity contribution is 0.146. The number of benzene rings is 2. The Kier molecular flexibility index (Phi) is 6.05. The summed E-state index contributed by atoms with van der Waals surface area (Å²) in [6.07, 6.45) is 5.12. The summed E-state index contributed by atoms with van der Waals surface area (Å²) >= 11 is 0. The van der Waals surface area contributed by atoms with Crippen LogP contribution in [-0.2, 0) is 16.2 Å². The van der Waals surface area contributed by atoms with Crippen molar-refractivity contribution in [2.24, 2.45) is 11.3 Å². The van der Waals surface area contributed by atoms with Crippen molar-refractivity contribution in [3.05, 3.63) is 70.8 Å². The first-order chi connectivity index (χ1) is 13.7. The molecule has 1 aliphatic rings. The van der Waals surface area contributed by atoms with E-state index < -0.39 is 0 Å². The lowest BCUT2D eigenvalue weighted by Crippen LogP contribution is -2.36. The van der Waals surface area contributed by atoms with Crippen molar-refractivity contribution < 1.29 is 0 Å². The van der Waals surface area contributed by atoms with Gasteiger partial charge in [-0.05, 0) is 70.1 Å². The zero-order valence-electron chi connectivity index (χ0n) is 21.0. The predicted octanol–water partition coefficient (Wildman–Crippen LogP) is 8.80. The Morgan fingerprint density at radius 3 is 1.17 bits per heavy atom. The SMILES string of the molecule is CC(C)(C)c1ccc(C2(c3ccc(C(C)(C)C)cc3)CCC(C(C)(C)C)CC2)cc1. The van der Waals surface area contributed by atoms with Gasteiger partial charge in [-0.2, -0.15) is 0 Å². The minimum atomic E-state index is 0.147. The molecule has 0 N–H and O–H groups in total. The Bertz CT molecular complexity index is 762. The van der Waals surface area contributed by atoms with Crippen LogP contribution in [0.1, 0.15) is 110 Å². The normalized spacial score (nSPS) is 18.4. The maximum atomic E-state index is 2.43. The van der Waals surface area contributed by atoms with Gasteiger partial charge in [0.05, 0.1) is 0 Å². The molecule has 2 aromatic rings. The molecule has 0 amide bonds. The van der Waals surface area contributed by atoms with Crippen molar-refractivity contribution in [2.75, 3.05) is 0 Å². The Morgan fingerprint density at radius 2 is 0.900 bits per heavy atom. The van der Waals surface area contributed by atoms with Crippen molar-refractivity contribution in [1.29, 1.82) is 0 Å². The van der Waals surface area contributed by atoms with E-state index in [-0.39, 0.29) is 16.2 Å². The van der Waals surface area contributed by atoms with Crippen LogP contribution in [0.15, 0.2) is 48.5 Å². The first-order valence-corrected chi connectivity index (χ1v) is 12.0. The molecule has 2 aromatic carbocycles. The number of hydrogen-bond donors (Lipinski definition) is 0. The van der Waals surface area contributed by atoms with E-state index in [4.69, 9.17) is 0 Å². The minimum Gasteiger partial charge on any atom is -0.0599 e. The fraction of sp³-hybridized carbons (Fsp3) is 0.600. The van der Waals surface area contributed by atoms with Crippen LogP contribution in [0.3, 0.4) is 0 Å². The van der Waals surface area contributed by atoms with Gasteiger partial charge in [-0.25, -0.2) is 0 Å². The molecule has 0 bridgehead atoms. The monoisotopic (exact) mass is 404 g/mol. The molecule has 3 rings (SSSR count). The fourth-order valence-electron chi connectivity index (χ4n) is 5.30. The standard InChI is InChI=1S/C30H44/c1-27(2,3)22-10-14-25(15-11-22)30(20-18-24(19-21-30)29(7,8)9)26-16-12-23(13-17-26)28(4,5)6/h10-17,24H,18-21H2,1-9H3. The summed E-state index contributed by atoms with van der Waals surface area (Å²) in [5.41, 5.74) is 6.80. The highest BCUT2D eigenvalue weighted by Crippen LogP contribution is 2.50. The van der Waals surface area contributed by atoms with Gasteiger partial charge in [0.15, 0.2) is 0 Å². The van der Waals surface area contributed by atoms with E-state index in [0.717, 1.165) is 5.92 Å². The molecule has 1 saturated carbocycles. The molecule has 0 heterocycles. The lowest BCUT2D eigenvalue weighted by Gasteiger charge is -2.45. The molecule has 30 heavy (non-hydrogen) atoms. The lowest BCUT2D eigenvalue weighted by atomic mass is 9.59. The van der Waals surface area contributed by atoms with Gasteiger partial charge in [0.25, 0.3) is 0 Å². The molecule has 1 aliphatic carbocycles. The summed E-state index contributed by atoms with van der Waals surface area (Å²) in [6.45, 7) is 21.1. The third-order valence-corrected chi connectivity index (χ3v) is 7.67. The Morgan fingerprint density at radius 1 is 0.567 bits per heavy atom. The number of rotatable bonds is 2. The highest BCUT2D eigenvalue weighted by Gasteiger charge is 2.41. The third kappa shape index (κ3) is 4.68. The predicted molar refractivity (Wildman–Crippen MR) is 132 cm³/mol. The van der Waals surface area contributed by atoms with Crippen LogP contribution >= 0.6 is 0 Å². The van der Waals surface area contributed by atoms with E-state index in [1.54, 1.807) is 0 Å². The Labute approximate surface area is 186 Å². The Hall–Kier alpha value is -1.56. The molecule has 0 saturated heterocycles. The van der Waals surface area contributed by atoms with E-state index in [0.29, 0.717) is 5.41 Å². The molecule has 0 radical (unpaired) electrons. The van der Waals surface area contributed by atoms with Crippen LogP contribution in [0, 0.1) is 11.3 Å². The van der Waals surface area contributed by atoms with Gasteiger partial charge in [0, 0.05) is 5.41 Å². The topological polar surface area (TPSA) is 0 Å². The van der Waals surface area contributed by atoms with Gasteiger partial charge in [0.2, 0.25) is 0 Å². The van der Waals surface area contributed by atoms with Gasteiger partial charge < -0.3 is 0 Å².